The average Bonchev–Trinajstić information content (AvgIpc) is 2.60. The third-order valence-electron chi connectivity index (χ3n) is 3.76. The minimum Gasteiger partial charge on any atom is -0.493 e. The molecular weight excluding hydrogens is 312 g/mol. The molecule has 0 aliphatic carbocycles. The zero-order valence-corrected chi connectivity index (χ0v) is 15.4. The Morgan fingerprint density at radius 1 is 1.12 bits per heavy atom. The van der Waals surface area contributed by atoms with Crippen LogP contribution < -0.4 is 10.2 Å². The number of hydrazone groups is 1. The molecule has 132 valence electrons. The minimum atomic E-state index is -0.233. The fraction of sp³-hybridized carbons (Fsp3) is 0.333. The number of amides is 1. The molecule has 0 bridgehead atoms. The number of hydrogen-bond acceptors (Lipinski definition) is 3. The van der Waals surface area contributed by atoms with Crippen molar-refractivity contribution in [2.45, 2.75) is 39.5 Å². The maximum Gasteiger partial charge on any atom is 0.271 e. The van der Waals surface area contributed by atoms with Gasteiger partial charge in [-0.15, -0.1) is 0 Å². The number of carbonyl (C=O) groups excluding carboxylic acids is 1. The molecule has 2 aromatic rings. The van der Waals surface area contributed by atoms with E-state index in [1.165, 1.54) is 5.56 Å². The van der Waals surface area contributed by atoms with Gasteiger partial charge < -0.3 is 4.74 Å². The van der Waals surface area contributed by atoms with E-state index in [2.05, 4.69) is 38.2 Å². The molecule has 2 rings (SSSR count). The van der Waals surface area contributed by atoms with Gasteiger partial charge in [0.05, 0.1) is 12.8 Å². The maximum absolute atomic E-state index is 12.2. The van der Waals surface area contributed by atoms with E-state index in [1.807, 2.05) is 48.5 Å². The molecule has 4 heteroatoms. The molecule has 1 N–H and O–H groups in total. The van der Waals surface area contributed by atoms with E-state index in [-0.39, 0.29) is 11.3 Å². The van der Waals surface area contributed by atoms with E-state index in [0.29, 0.717) is 12.2 Å². The second kappa shape index (κ2) is 8.47. The monoisotopic (exact) mass is 338 g/mol. The summed E-state index contributed by atoms with van der Waals surface area (Å²) < 4.78 is 5.67. The summed E-state index contributed by atoms with van der Waals surface area (Å²) in [5.74, 6) is 0.528. The molecule has 0 spiro atoms. The van der Waals surface area contributed by atoms with E-state index >= 15 is 0 Å². The van der Waals surface area contributed by atoms with Crippen molar-refractivity contribution in [3.05, 3.63) is 65.2 Å². The van der Waals surface area contributed by atoms with Crippen LogP contribution >= 0.6 is 0 Å². The lowest BCUT2D eigenvalue weighted by Crippen LogP contribution is -2.18. The van der Waals surface area contributed by atoms with Crippen molar-refractivity contribution in [2.75, 3.05) is 6.61 Å². The van der Waals surface area contributed by atoms with Gasteiger partial charge in [0, 0.05) is 11.1 Å². The summed E-state index contributed by atoms with van der Waals surface area (Å²) in [7, 11) is 0. The Morgan fingerprint density at radius 2 is 1.80 bits per heavy atom. The summed E-state index contributed by atoms with van der Waals surface area (Å²) in [6.45, 7) is 9.14. The molecule has 0 aromatic heterocycles. The molecule has 0 radical (unpaired) electrons. The van der Waals surface area contributed by atoms with E-state index in [0.717, 1.165) is 17.7 Å². The lowest BCUT2D eigenvalue weighted by Gasteiger charge is -2.18. The van der Waals surface area contributed by atoms with Crippen LogP contribution in [0.3, 0.4) is 0 Å². The van der Waals surface area contributed by atoms with Crippen LogP contribution in [-0.2, 0) is 5.41 Å². The van der Waals surface area contributed by atoms with Gasteiger partial charge in [0.2, 0.25) is 0 Å². The van der Waals surface area contributed by atoms with Crippen molar-refractivity contribution < 1.29 is 9.53 Å². The Kier molecular flexibility index (Phi) is 6.34. The SMILES string of the molecule is CCCOc1ccccc1C=NNC(=O)c1ccc(C(C)(C)C)cc1. The fourth-order valence-corrected chi connectivity index (χ4v) is 2.28. The molecule has 0 saturated heterocycles. The first kappa shape index (κ1) is 18.7. The number of benzene rings is 2. The summed E-state index contributed by atoms with van der Waals surface area (Å²) in [4.78, 5) is 12.2. The Morgan fingerprint density at radius 3 is 2.44 bits per heavy atom. The van der Waals surface area contributed by atoms with Gasteiger partial charge in [0.15, 0.2) is 0 Å². The highest BCUT2D eigenvalue weighted by atomic mass is 16.5. The van der Waals surface area contributed by atoms with Crippen LogP contribution in [-0.4, -0.2) is 18.7 Å². The Hall–Kier alpha value is -2.62. The van der Waals surface area contributed by atoms with Crippen LogP contribution in [0.25, 0.3) is 0 Å². The quantitative estimate of drug-likeness (QED) is 0.621. The van der Waals surface area contributed by atoms with Gasteiger partial charge in [-0.2, -0.15) is 5.10 Å². The fourth-order valence-electron chi connectivity index (χ4n) is 2.28. The van der Waals surface area contributed by atoms with Crippen molar-refractivity contribution >= 4 is 12.1 Å². The number of para-hydroxylation sites is 1. The third-order valence-corrected chi connectivity index (χ3v) is 3.76. The summed E-state index contributed by atoms with van der Waals surface area (Å²) >= 11 is 0. The molecule has 0 unspecified atom stereocenters. The molecule has 2 aromatic carbocycles. The Balaban J connectivity index is 2.01. The molecule has 4 nitrogen and oxygen atoms in total. The van der Waals surface area contributed by atoms with Crippen molar-refractivity contribution in [3.8, 4) is 5.75 Å². The largest absolute Gasteiger partial charge is 0.493 e. The van der Waals surface area contributed by atoms with Gasteiger partial charge in [-0.1, -0.05) is 52.0 Å². The van der Waals surface area contributed by atoms with E-state index in [1.54, 1.807) is 6.21 Å². The number of ether oxygens (including phenoxy) is 1. The van der Waals surface area contributed by atoms with Crippen LogP contribution in [0.4, 0.5) is 0 Å². The maximum atomic E-state index is 12.2. The van der Waals surface area contributed by atoms with Crippen LogP contribution in [0, 0.1) is 0 Å². The van der Waals surface area contributed by atoms with Gasteiger partial charge in [0.1, 0.15) is 5.75 Å². The number of nitrogens with one attached hydrogen (secondary N) is 1. The van der Waals surface area contributed by atoms with Gasteiger partial charge in [0.25, 0.3) is 5.91 Å². The van der Waals surface area contributed by atoms with Crippen molar-refractivity contribution in [1.82, 2.24) is 5.43 Å². The molecule has 0 fully saturated rings. The van der Waals surface area contributed by atoms with Gasteiger partial charge >= 0.3 is 0 Å². The van der Waals surface area contributed by atoms with Crippen LogP contribution in [0.5, 0.6) is 5.75 Å². The van der Waals surface area contributed by atoms with Crippen LogP contribution in [0.15, 0.2) is 53.6 Å². The smallest absolute Gasteiger partial charge is 0.271 e. The van der Waals surface area contributed by atoms with Crippen molar-refractivity contribution in [3.63, 3.8) is 0 Å². The van der Waals surface area contributed by atoms with E-state index in [4.69, 9.17) is 4.74 Å². The molecule has 0 saturated carbocycles. The number of hydrogen-bond donors (Lipinski definition) is 1. The van der Waals surface area contributed by atoms with Crippen LogP contribution in [0.2, 0.25) is 0 Å². The van der Waals surface area contributed by atoms with Gasteiger partial charge in [-0.05, 0) is 41.7 Å². The molecule has 0 aliphatic heterocycles. The standard InChI is InChI=1S/C21H26N2O2/c1-5-14-25-19-9-7-6-8-17(19)15-22-23-20(24)16-10-12-18(13-11-16)21(2,3)4/h6-13,15H,5,14H2,1-4H3,(H,23,24). The molecule has 0 aliphatic rings. The number of rotatable bonds is 6. The molecule has 25 heavy (non-hydrogen) atoms. The van der Waals surface area contributed by atoms with Crippen molar-refractivity contribution in [2.24, 2.45) is 5.10 Å². The first-order chi connectivity index (χ1) is 11.9. The minimum absolute atomic E-state index is 0.0648. The normalized spacial score (nSPS) is 11.5. The zero-order chi connectivity index (χ0) is 18.3. The topological polar surface area (TPSA) is 50.7 Å². The second-order valence-corrected chi connectivity index (χ2v) is 6.91. The highest BCUT2D eigenvalue weighted by Crippen LogP contribution is 2.22. The Bertz CT molecular complexity index is 728. The molecule has 1 amide bonds. The average molecular weight is 338 g/mol. The second-order valence-electron chi connectivity index (χ2n) is 6.91. The predicted molar refractivity (Wildman–Crippen MR) is 102 cm³/mol. The number of nitrogens with zero attached hydrogens (tertiary/aromatic N) is 1. The Labute approximate surface area is 149 Å². The first-order valence-corrected chi connectivity index (χ1v) is 8.57. The molecular formula is C21H26N2O2. The van der Waals surface area contributed by atoms with E-state index in [9.17, 15) is 4.79 Å². The summed E-state index contributed by atoms with van der Waals surface area (Å²) in [5.41, 5.74) is 5.23. The summed E-state index contributed by atoms with van der Waals surface area (Å²) in [6.07, 6.45) is 2.54. The number of carbonyl (C=O) groups is 1. The predicted octanol–water partition coefficient (Wildman–Crippen LogP) is 4.54. The molecule has 0 heterocycles. The van der Waals surface area contributed by atoms with E-state index < -0.39 is 0 Å². The zero-order valence-electron chi connectivity index (χ0n) is 15.4. The lowest BCUT2D eigenvalue weighted by molar-refractivity contribution is 0.0955. The first-order valence-electron chi connectivity index (χ1n) is 8.57. The highest BCUT2D eigenvalue weighted by molar-refractivity contribution is 5.95. The highest BCUT2D eigenvalue weighted by Gasteiger charge is 2.14. The van der Waals surface area contributed by atoms with Gasteiger partial charge in [-0.25, -0.2) is 5.43 Å². The van der Waals surface area contributed by atoms with Gasteiger partial charge in [-0.3, -0.25) is 4.79 Å². The summed E-state index contributed by atoms with van der Waals surface area (Å²) in [5, 5.41) is 4.05. The van der Waals surface area contributed by atoms with Crippen LogP contribution in [0.1, 0.15) is 55.6 Å². The third kappa shape index (κ3) is 5.45. The van der Waals surface area contributed by atoms with Crippen molar-refractivity contribution in [1.29, 1.82) is 0 Å². The summed E-state index contributed by atoms with van der Waals surface area (Å²) in [6, 6.07) is 15.2. The molecule has 0 atom stereocenters. The lowest BCUT2D eigenvalue weighted by atomic mass is 9.87.